The van der Waals surface area contributed by atoms with E-state index in [0.717, 1.165) is 57.7 Å². The van der Waals surface area contributed by atoms with Crippen LogP contribution in [-0.4, -0.2) is 62.2 Å². The van der Waals surface area contributed by atoms with E-state index in [4.69, 9.17) is 4.74 Å². The average Bonchev–Trinajstić information content (AvgIpc) is 3.26. The quantitative estimate of drug-likeness (QED) is 0.431. The van der Waals surface area contributed by atoms with Crippen molar-refractivity contribution in [3.8, 4) is 0 Å². The van der Waals surface area contributed by atoms with Gasteiger partial charge < -0.3 is 15.4 Å². The lowest BCUT2D eigenvalue weighted by molar-refractivity contribution is -0.133. The van der Waals surface area contributed by atoms with E-state index in [9.17, 15) is 4.79 Å². The Kier molecular flexibility index (Phi) is 7.92. The first-order valence-electron chi connectivity index (χ1n) is 14.0. The summed E-state index contributed by atoms with van der Waals surface area (Å²) in [7, 11) is 0. The zero-order chi connectivity index (χ0) is 22.8. The van der Waals surface area contributed by atoms with Gasteiger partial charge in [0, 0.05) is 18.1 Å². The van der Waals surface area contributed by atoms with E-state index in [0.29, 0.717) is 35.9 Å². The second-order valence-corrected chi connectivity index (χ2v) is 11.9. The maximum Gasteiger partial charge on any atom is 0.249 e. The largest absolute Gasteiger partial charge is 0.365 e. The first kappa shape index (κ1) is 24.0. The Hall–Kier alpha value is -0.730. The van der Waals surface area contributed by atoms with E-state index in [2.05, 4.69) is 40.4 Å². The Bertz CT molecular complexity index is 649. The minimum Gasteiger partial charge on any atom is -0.365 e. The number of rotatable bonds is 5. The van der Waals surface area contributed by atoms with E-state index in [1.165, 1.54) is 32.1 Å². The third-order valence-corrected chi connectivity index (χ3v) is 9.27. The first-order valence-corrected chi connectivity index (χ1v) is 14.0. The van der Waals surface area contributed by atoms with Crippen molar-refractivity contribution in [1.29, 1.82) is 0 Å². The van der Waals surface area contributed by atoms with Crippen LogP contribution in [0.25, 0.3) is 0 Å². The van der Waals surface area contributed by atoms with Gasteiger partial charge in [0.05, 0.1) is 6.10 Å². The van der Waals surface area contributed by atoms with E-state index >= 15 is 0 Å². The Morgan fingerprint density at radius 3 is 2.67 bits per heavy atom. The zero-order valence-corrected chi connectivity index (χ0v) is 20.8. The van der Waals surface area contributed by atoms with Crippen LogP contribution < -0.4 is 26.6 Å². The molecule has 0 aromatic heterocycles. The molecule has 5 fully saturated rings. The second kappa shape index (κ2) is 10.9. The molecule has 188 valence electrons. The molecular formula is C26H47N5O2. The summed E-state index contributed by atoms with van der Waals surface area (Å²) in [6.07, 6.45) is 11.8. The molecule has 10 atom stereocenters. The van der Waals surface area contributed by atoms with Crippen LogP contribution in [0.3, 0.4) is 0 Å². The van der Waals surface area contributed by atoms with Crippen LogP contribution in [0.2, 0.25) is 0 Å². The Morgan fingerprint density at radius 1 is 0.939 bits per heavy atom. The van der Waals surface area contributed by atoms with Gasteiger partial charge in [-0.15, -0.1) is 0 Å². The van der Waals surface area contributed by atoms with Crippen molar-refractivity contribution in [2.75, 3.05) is 19.6 Å². The standard InChI is InChI=1S/C26H47N5O2/c1-16-11-19(15-27-14-16)21-9-10-28-26(30-21)31-22-13-20(8-7-17(22)2)29-25(32)24-12-18-5-3-4-6-23(18)33-24/h16-24,26-28,30-31H,3-15H2,1-2H3,(H,29,32). The Morgan fingerprint density at radius 2 is 1.82 bits per heavy atom. The number of amides is 1. The van der Waals surface area contributed by atoms with E-state index in [-0.39, 0.29) is 24.3 Å². The van der Waals surface area contributed by atoms with Crippen LogP contribution in [0.4, 0.5) is 0 Å². The molecule has 3 aliphatic heterocycles. The summed E-state index contributed by atoms with van der Waals surface area (Å²) in [5.74, 6) is 2.84. The molecule has 10 unspecified atom stereocenters. The van der Waals surface area contributed by atoms with Crippen molar-refractivity contribution in [3.63, 3.8) is 0 Å². The summed E-state index contributed by atoms with van der Waals surface area (Å²) in [6.45, 7) is 8.06. The molecule has 0 bridgehead atoms. The molecule has 7 nitrogen and oxygen atoms in total. The number of nitrogens with one attached hydrogen (secondary N) is 5. The fourth-order valence-corrected chi connectivity index (χ4v) is 7.25. The second-order valence-electron chi connectivity index (χ2n) is 11.9. The van der Waals surface area contributed by atoms with Crippen LogP contribution >= 0.6 is 0 Å². The van der Waals surface area contributed by atoms with Crippen molar-refractivity contribution < 1.29 is 9.53 Å². The molecule has 33 heavy (non-hydrogen) atoms. The molecule has 1 amide bonds. The summed E-state index contributed by atoms with van der Waals surface area (Å²) < 4.78 is 6.16. The van der Waals surface area contributed by atoms with E-state index in [1.807, 2.05) is 0 Å². The summed E-state index contributed by atoms with van der Waals surface area (Å²) in [6, 6.07) is 1.22. The monoisotopic (exact) mass is 461 g/mol. The predicted molar refractivity (Wildman–Crippen MR) is 131 cm³/mol. The summed E-state index contributed by atoms with van der Waals surface area (Å²) in [4.78, 5) is 13.0. The molecule has 0 spiro atoms. The van der Waals surface area contributed by atoms with Gasteiger partial charge in [0.1, 0.15) is 12.4 Å². The van der Waals surface area contributed by atoms with Gasteiger partial charge in [-0.1, -0.05) is 26.7 Å². The third kappa shape index (κ3) is 5.92. The minimum atomic E-state index is -0.224. The number of hydrogen-bond acceptors (Lipinski definition) is 6. The van der Waals surface area contributed by atoms with Crippen molar-refractivity contribution in [2.24, 2.45) is 23.7 Å². The highest BCUT2D eigenvalue weighted by Gasteiger charge is 2.41. The summed E-state index contributed by atoms with van der Waals surface area (Å²) >= 11 is 0. The van der Waals surface area contributed by atoms with Crippen LogP contribution in [-0.2, 0) is 9.53 Å². The molecule has 0 radical (unpaired) electrons. The molecule has 0 aromatic rings. The van der Waals surface area contributed by atoms with Gasteiger partial charge in [-0.2, -0.15) is 0 Å². The van der Waals surface area contributed by atoms with Crippen LogP contribution in [0, 0.1) is 23.7 Å². The smallest absolute Gasteiger partial charge is 0.249 e. The molecule has 3 heterocycles. The third-order valence-electron chi connectivity index (χ3n) is 9.27. The highest BCUT2D eigenvalue weighted by molar-refractivity contribution is 5.81. The maximum atomic E-state index is 13.0. The highest BCUT2D eigenvalue weighted by Crippen LogP contribution is 2.37. The van der Waals surface area contributed by atoms with Gasteiger partial charge in [0.25, 0.3) is 0 Å². The first-order chi connectivity index (χ1) is 16.0. The average molecular weight is 462 g/mol. The summed E-state index contributed by atoms with van der Waals surface area (Å²) in [5.41, 5.74) is 0. The topological polar surface area (TPSA) is 86.5 Å². The van der Waals surface area contributed by atoms with E-state index < -0.39 is 0 Å². The maximum absolute atomic E-state index is 13.0. The van der Waals surface area contributed by atoms with Crippen LogP contribution in [0.1, 0.15) is 78.1 Å². The van der Waals surface area contributed by atoms with Gasteiger partial charge in [-0.25, -0.2) is 0 Å². The van der Waals surface area contributed by atoms with Crippen molar-refractivity contribution in [1.82, 2.24) is 26.6 Å². The molecule has 5 rings (SSSR count). The van der Waals surface area contributed by atoms with Gasteiger partial charge in [0.2, 0.25) is 5.91 Å². The molecule has 7 heteroatoms. The number of fused-ring (bicyclic) bond motifs is 1. The normalized spacial score (nSPS) is 46.5. The SMILES string of the molecule is CC1CNCC(C2CCNC(NC3CC(NC(=O)C4CC5CCCCC5O4)CCC3C)N2)C1. The summed E-state index contributed by atoms with van der Waals surface area (Å²) in [5, 5.41) is 18.4. The van der Waals surface area contributed by atoms with Crippen LogP contribution in [0.15, 0.2) is 0 Å². The Balaban J connectivity index is 1.10. The lowest BCUT2D eigenvalue weighted by atomic mass is 9.82. The van der Waals surface area contributed by atoms with Gasteiger partial charge in [-0.3, -0.25) is 20.7 Å². The number of hydrogen-bond donors (Lipinski definition) is 5. The lowest BCUT2D eigenvalue weighted by Gasteiger charge is -2.43. The Labute approximate surface area is 200 Å². The molecule has 2 aliphatic carbocycles. The number of ether oxygens (including phenoxy) is 1. The number of carbonyl (C=O) groups excluding carboxylic acids is 1. The van der Waals surface area contributed by atoms with Crippen LogP contribution in [0.5, 0.6) is 0 Å². The van der Waals surface area contributed by atoms with Crippen molar-refractivity contribution in [3.05, 3.63) is 0 Å². The fraction of sp³-hybridized carbons (Fsp3) is 0.962. The number of carbonyl (C=O) groups is 1. The molecule has 2 saturated carbocycles. The fourth-order valence-electron chi connectivity index (χ4n) is 7.25. The van der Waals surface area contributed by atoms with Crippen molar-refractivity contribution >= 4 is 5.91 Å². The molecule has 5 aliphatic rings. The molecule has 0 aromatic carbocycles. The predicted octanol–water partition coefficient (Wildman–Crippen LogP) is 2.08. The highest BCUT2D eigenvalue weighted by atomic mass is 16.5. The van der Waals surface area contributed by atoms with Gasteiger partial charge >= 0.3 is 0 Å². The molecule has 5 N–H and O–H groups in total. The lowest BCUT2D eigenvalue weighted by Crippen LogP contribution is -2.66. The molecule has 3 saturated heterocycles. The van der Waals surface area contributed by atoms with Gasteiger partial charge in [0.15, 0.2) is 0 Å². The van der Waals surface area contributed by atoms with Gasteiger partial charge in [-0.05, 0) is 94.7 Å². The minimum absolute atomic E-state index is 0.135. The van der Waals surface area contributed by atoms with Crippen molar-refractivity contribution in [2.45, 2.75) is 115 Å². The number of piperidine rings is 1. The molecular weight excluding hydrogens is 414 g/mol. The zero-order valence-electron chi connectivity index (χ0n) is 20.8. The van der Waals surface area contributed by atoms with E-state index in [1.54, 1.807) is 0 Å².